The number of aliphatic hydroxyl groups is 1. The highest BCUT2D eigenvalue weighted by Gasteiger charge is 2.07. The van der Waals surface area contributed by atoms with E-state index in [1.54, 1.807) is 0 Å². The zero-order chi connectivity index (χ0) is 15.6. The van der Waals surface area contributed by atoms with Crippen LogP contribution in [0.2, 0.25) is 0 Å². The second-order valence-electron chi connectivity index (χ2n) is 4.73. The van der Waals surface area contributed by atoms with Crippen molar-refractivity contribution in [3.63, 3.8) is 0 Å². The molecule has 2 aromatic rings. The minimum Gasteiger partial charge on any atom is -0.492 e. The minimum absolute atomic E-state index is 0.115. The Bertz CT molecular complexity index is 554. The summed E-state index contributed by atoms with van der Waals surface area (Å²) in [7, 11) is 0. The standard InChI is InChI=1S/C18H20O4/c1-15(12-21-17-8-4-2-5-9-17)20-13-16(19)14-22-18-10-6-3-7-11-18/h2-11,16,19H,1,12-14H2. The first-order valence-electron chi connectivity index (χ1n) is 7.08. The highest BCUT2D eigenvalue weighted by Crippen LogP contribution is 2.11. The van der Waals surface area contributed by atoms with E-state index in [1.807, 2.05) is 60.7 Å². The summed E-state index contributed by atoms with van der Waals surface area (Å²) in [5, 5.41) is 9.81. The van der Waals surface area contributed by atoms with Crippen LogP contribution in [0.15, 0.2) is 73.0 Å². The Morgan fingerprint density at radius 1 is 0.864 bits per heavy atom. The van der Waals surface area contributed by atoms with Crippen molar-refractivity contribution in [1.29, 1.82) is 0 Å². The van der Waals surface area contributed by atoms with Gasteiger partial charge in [0.1, 0.15) is 43.2 Å². The predicted octanol–water partition coefficient (Wildman–Crippen LogP) is 3.04. The van der Waals surface area contributed by atoms with Gasteiger partial charge in [-0.2, -0.15) is 0 Å². The van der Waals surface area contributed by atoms with Gasteiger partial charge in [-0.25, -0.2) is 0 Å². The van der Waals surface area contributed by atoms with Crippen LogP contribution in [0.3, 0.4) is 0 Å². The third kappa shape index (κ3) is 5.89. The van der Waals surface area contributed by atoms with Crippen LogP contribution in [-0.4, -0.2) is 31.0 Å². The molecule has 0 fully saturated rings. The normalized spacial score (nSPS) is 11.5. The molecule has 116 valence electrons. The van der Waals surface area contributed by atoms with Crippen LogP contribution in [0.5, 0.6) is 11.5 Å². The van der Waals surface area contributed by atoms with Crippen LogP contribution in [0, 0.1) is 0 Å². The van der Waals surface area contributed by atoms with Gasteiger partial charge in [0.05, 0.1) is 0 Å². The van der Waals surface area contributed by atoms with E-state index in [9.17, 15) is 5.11 Å². The number of para-hydroxylation sites is 2. The highest BCUT2D eigenvalue weighted by molar-refractivity contribution is 5.21. The summed E-state index contributed by atoms with van der Waals surface area (Å²) < 4.78 is 16.3. The summed E-state index contributed by atoms with van der Waals surface area (Å²) in [4.78, 5) is 0. The summed E-state index contributed by atoms with van der Waals surface area (Å²) in [5.74, 6) is 1.93. The number of hydrogen-bond acceptors (Lipinski definition) is 4. The molecule has 0 aliphatic heterocycles. The lowest BCUT2D eigenvalue weighted by atomic mass is 10.3. The maximum absolute atomic E-state index is 9.81. The summed E-state index contributed by atoms with van der Waals surface area (Å²) >= 11 is 0. The van der Waals surface area contributed by atoms with Gasteiger partial charge in [-0.05, 0) is 24.3 Å². The Hall–Kier alpha value is -2.46. The fourth-order valence-corrected chi connectivity index (χ4v) is 1.69. The van der Waals surface area contributed by atoms with E-state index in [1.165, 1.54) is 0 Å². The average molecular weight is 300 g/mol. The van der Waals surface area contributed by atoms with Gasteiger partial charge >= 0.3 is 0 Å². The summed E-state index contributed by atoms with van der Waals surface area (Å²) in [6.45, 7) is 4.29. The molecule has 2 aromatic carbocycles. The Morgan fingerprint density at radius 2 is 1.41 bits per heavy atom. The fraction of sp³-hybridized carbons (Fsp3) is 0.222. The highest BCUT2D eigenvalue weighted by atomic mass is 16.5. The van der Waals surface area contributed by atoms with Gasteiger partial charge < -0.3 is 19.3 Å². The van der Waals surface area contributed by atoms with Crippen molar-refractivity contribution < 1.29 is 19.3 Å². The van der Waals surface area contributed by atoms with Crippen LogP contribution >= 0.6 is 0 Å². The minimum atomic E-state index is -0.728. The van der Waals surface area contributed by atoms with Gasteiger partial charge in [0.25, 0.3) is 0 Å². The van der Waals surface area contributed by atoms with Crippen molar-refractivity contribution in [1.82, 2.24) is 0 Å². The smallest absolute Gasteiger partial charge is 0.145 e. The number of rotatable bonds is 9. The van der Waals surface area contributed by atoms with Gasteiger partial charge in [0, 0.05) is 0 Å². The fourth-order valence-electron chi connectivity index (χ4n) is 1.69. The molecule has 22 heavy (non-hydrogen) atoms. The van der Waals surface area contributed by atoms with Crippen LogP contribution in [0.4, 0.5) is 0 Å². The SMILES string of the molecule is C=C(COc1ccccc1)OCC(O)COc1ccccc1. The molecule has 0 saturated heterocycles. The van der Waals surface area contributed by atoms with E-state index in [2.05, 4.69) is 6.58 Å². The molecule has 0 aromatic heterocycles. The molecule has 0 amide bonds. The van der Waals surface area contributed by atoms with E-state index in [-0.39, 0.29) is 19.8 Å². The van der Waals surface area contributed by atoms with Crippen LogP contribution in [-0.2, 0) is 4.74 Å². The molecule has 0 spiro atoms. The second-order valence-corrected chi connectivity index (χ2v) is 4.73. The van der Waals surface area contributed by atoms with E-state index < -0.39 is 6.10 Å². The zero-order valence-electron chi connectivity index (χ0n) is 12.4. The molecule has 1 unspecified atom stereocenters. The summed E-state index contributed by atoms with van der Waals surface area (Å²) in [6, 6.07) is 18.7. The third-order valence-electron chi connectivity index (χ3n) is 2.81. The third-order valence-corrected chi connectivity index (χ3v) is 2.81. The molecular weight excluding hydrogens is 280 g/mol. The first-order valence-corrected chi connectivity index (χ1v) is 7.08. The van der Waals surface area contributed by atoms with Crippen LogP contribution in [0.1, 0.15) is 0 Å². The summed E-state index contributed by atoms with van der Waals surface area (Å²) in [6.07, 6.45) is -0.728. The molecule has 0 bridgehead atoms. The Morgan fingerprint density at radius 3 is 2.00 bits per heavy atom. The van der Waals surface area contributed by atoms with Gasteiger partial charge in [0.2, 0.25) is 0 Å². The molecule has 4 heteroatoms. The van der Waals surface area contributed by atoms with Crippen molar-refractivity contribution in [2.45, 2.75) is 6.10 Å². The van der Waals surface area contributed by atoms with E-state index in [0.717, 1.165) is 5.75 Å². The lowest BCUT2D eigenvalue weighted by Gasteiger charge is -2.15. The maximum Gasteiger partial charge on any atom is 0.145 e. The van der Waals surface area contributed by atoms with Gasteiger partial charge in [0.15, 0.2) is 0 Å². The quantitative estimate of drug-likeness (QED) is 0.723. The molecule has 0 aliphatic carbocycles. The number of hydrogen-bond donors (Lipinski definition) is 1. The monoisotopic (exact) mass is 300 g/mol. The molecule has 4 nitrogen and oxygen atoms in total. The van der Waals surface area contributed by atoms with Crippen LogP contribution in [0.25, 0.3) is 0 Å². The molecule has 1 atom stereocenters. The van der Waals surface area contributed by atoms with E-state index >= 15 is 0 Å². The van der Waals surface area contributed by atoms with E-state index in [4.69, 9.17) is 14.2 Å². The predicted molar refractivity (Wildman–Crippen MR) is 85.0 cm³/mol. The topological polar surface area (TPSA) is 47.9 Å². The van der Waals surface area contributed by atoms with Crippen molar-refractivity contribution >= 4 is 0 Å². The Balaban J connectivity index is 1.61. The van der Waals surface area contributed by atoms with Crippen molar-refractivity contribution in [2.75, 3.05) is 19.8 Å². The first-order chi connectivity index (χ1) is 10.7. The van der Waals surface area contributed by atoms with Gasteiger partial charge in [-0.3, -0.25) is 0 Å². The molecule has 0 heterocycles. The summed E-state index contributed by atoms with van der Waals surface area (Å²) in [5.41, 5.74) is 0. The zero-order valence-corrected chi connectivity index (χ0v) is 12.4. The number of benzene rings is 2. The molecule has 1 N–H and O–H groups in total. The van der Waals surface area contributed by atoms with Crippen molar-refractivity contribution in [2.24, 2.45) is 0 Å². The Labute approximate surface area is 130 Å². The second kappa shape index (κ2) is 8.74. The first kappa shape index (κ1) is 15.9. The van der Waals surface area contributed by atoms with Gasteiger partial charge in [-0.1, -0.05) is 43.0 Å². The van der Waals surface area contributed by atoms with Crippen molar-refractivity contribution in [3.05, 3.63) is 73.0 Å². The molecule has 2 rings (SSSR count). The van der Waals surface area contributed by atoms with E-state index in [0.29, 0.717) is 11.5 Å². The van der Waals surface area contributed by atoms with Gasteiger partial charge in [-0.15, -0.1) is 0 Å². The Kier molecular flexibility index (Phi) is 6.33. The molecular formula is C18H20O4. The molecule has 0 aliphatic rings. The lowest BCUT2D eigenvalue weighted by molar-refractivity contribution is 0.0317. The lowest BCUT2D eigenvalue weighted by Crippen LogP contribution is -2.24. The molecule has 0 radical (unpaired) electrons. The largest absolute Gasteiger partial charge is 0.492 e. The van der Waals surface area contributed by atoms with Crippen molar-refractivity contribution in [3.8, 4) is 11.5 Å². The average Bonchev–Trinajstić information content (AvgIpc) is 2.58. The maximum atomic E-state index is 9.81. The van der Waals surface area contributed by atoms with Crippen LogP contribution < -0.4 is 9.47 Å². The number of aliphatic hydroxyl groups excluding tert-OH is 1. The number of ether oxygens (including phenoxy) is 3. The molecule has 0 saturated carbocycles.